The molecule has 2 fully saturated rings. The van der Waals surface area contributed by atoms with Crippen LogP contribution < -0.4 is 15.8 Å². The number of halogens is 1. The van der Waals surface area contributed by atoms with Crippen molar-refractivity contribution < 1.29 is 14.5 Å². The molecule has 0 saturated carbocycles. The van der Waals surface area contributed by atoms with Crippen molar-refractivity contribution in [2.75, 3.05) is 4.90 Å². The van der Waals surface area contributed by atoms with Gasteiger partial charge in [-0.1, -0.05) is 55.8 Å². The lowest BCUT2D eigenvalue weighted by atomic mass is 9.75. The fourth-order valence-corrected chi connectivity index (χ4v) is 6.95. The first-order valence-corrected chi connectivity index (χ1v) is 13.3. The van der Waals surface area contributed by atoms with Crippen molar-refractivity contribution in [1.29, 1.82) is 0 Å². The highest BCUT2D eigenvalue weighted by Crippen LogP contribution is 2.56. The highest BCUT2D eigenvalue weighted by Gasteiger charge is 2.70. The summed E-state index contributed by atoms with van der Waals surface area (Å²) in [6, 6.07) is 17.8. The summed E-state index contributed by atoms with van der Waals surface area (Å²) in [6.45, 7) is 3.92. The third-order valence-corrected chi connectivity index (χ3v) is 8.72. The number of nitrogens with one attached hydrogen (secondary N) is 1. The van der Waals surface area contributed by atoms with Gasteiger partial charge < -0.3 is 0 Å². The molecule has 11 heteroatoms. The van der Waals surface area contributed by atoms with E-state index in [9.17, 15) is 24.5 Å². The number of imide groups is 1. The number of aromatic nitrogens is 2. The molecule has 0 radical (unpaired) electrons. The topological polar surface area (TPSA) is 127 Å². The summed E-state index contributed by atoms with van der Waals surface area (Å²) < 4.78 is 1.54. The number of carbonyl (C=O) groups is 2. The number of fused-ring (bicyclic) bond motifs is 8. The number of benzene rings is 3. The van der Waals surface area contributed by atoms with Crippen molar-refractivity contribution in [2.24, 2.45) is 17.8 Å². The predicted molar refractivity (Wildman–Crippen MR) is 147 cm³/mol. The molecule has 2 saturated heterocycles. The van der Waals surface area contributed by atoms with Crippen molar-refractivity contribution in [3.8, 4) is 5.69 Å². The minimum absolute atomic E-state index is 0.0727. The SMILES string of the molecule is CC(C)[C@@H]1N[C@]2(c3ccccc3-n3c2nc2ccccc2c3=O)[C@@H]2C(=O)N(c3ccc(Cl)c([N+](=O)[O-])c3)C(=O)[C@@H]21. The number of carbonyl (C=O) groups excluding carboxylic acids is 2. The van der Waals surface area contributed by atoms with Gasteiger partial charge in [-0.3, -0.25) is 34.4 Å². The first-order chi connectivity index (χ1) is 19.2. The summed E-state index contributed by atoms with van der Waals surface area (Å²) in [5.74, 6) is -2.46. The van der Waals surface area contributed by atoms with E-state index < -0.39 is 45.8 Å². The van der Waals surface area contributed by atoms with Crippen LogP contribution in [-0.2, 0) is 15.1 Å². The summed E-state index contributed by atoms with van der Waals surface area (Å²) in [5, 5.41) is 15.6. The Labute approximate surface area is 232 Å². The number of hydrogen-bond donors (Lipinski definition) is 1. The molecule has 1 spiro atoms. The van der Waals surface area contributed by atoms with E-state index in [-0.39, 0.29) is 22.2 Å². The standard InChI is InChI=1S/C29H22ClN5O5/c1-14(2)24-22-23(27(38)33(26(22)37)15-11-12-18(30)21(13-15)35(39)40)29(32-24)17-8-4-6-10-20(17)34-25(36)16-7-3-5-9-19(16)31-28(29)34/h3-14,22-24,32H,1-2H3/t22-,23-,24-,29+/m0/s1. The van der Waals surface area contributed by atoms with Gasteiger partial charge in [0.05, 0.1) is 39.0 Å². The Balaban J connectivity index is 1.51. The number of amides is 2. The largest absolute Gasteiger partial charge is 0.296 e. The molecule has 40 heavy (non-hydrogen) atoms. The Morgan fingerprint density at radius 2 is 1.75 bits per heavy atom. The lowest BCUT2D eigenvalue weighted by Gasteiger charge is -2.32. The Morgan fingerprint density at radius 3 is 2.50 bits per heavy atom. The second kappa shape index (κ2) is 8.30. The molecule has 2 amide bonds. The van der Waals surface area contributed by atoms with Gasteiger partial charge in [-0.05, 0) is 36.2 Å². The fourth-order valence-electron chi connectivity index (χ4n) is 6.76. The molecule has 200 valence electrons. The number of nitro benzene ring substituents is 1. The van der Waals surface area contributed by atoms with Crippen molar-refractivity contribution >= 4 is 45.7 Å². The Bertz CT molecular complexity index is 1870. The predicted octanol–water partition coefficient (Wildman–Crippen LogP) is 3.94. The lowest BCUT2D eigenvalue weighted by molar-refractivity contribution is -0.384. The summed E-state index contributed by atoms with van der Waals surface area (Å²) in [4.78, 5) is 59.3. The molecule has 4 atom stereocenters. The number of nitro groups is 1. The van der Waals surface area contributed by atoms with Crippen LogP contribution in [0.4, 0.5) is 11.4 Å². The second-order valence-electron chi connectivity index (χ2n) is 10.7. The Kier molecular flexibility index (Phi) is 5.11. The lowest BCUT2D eigenvalue weighted by Crippen LogP contribution is -2.51. The monoisotopic (exact) mass is 555 g/mol. The third-order valence-electron chi connectivity index (χ3n) is 8.40. The molecule has 10 nitrogen and oxygen atoms in total. The average Bonchev–Trinajstić information content (AvgIpc) is 3.53. The molecule has 7 rings (SSSR count). The van der Waals surface area contributed by atoms with Gasteiger partial charge in [-0.2, -0.15) is 0 Å². The highest BCUT2D eigenvalue weighted by atomic mass is 35.5. The summed E-state index contributed by atoms with van der Waals surface area (Å²) >= 11 is 6.02. The van der Waals surface area contributed by atoms with E-state index in [1.807, 2.05) is 38.1 Å². The molecule has 0 unspecified atom stereocenters. The van der Waals surface area contributed by atoms with Gasteiger partial charge in [0.25, 0.3) is 11.2 Å². The first kappa shape index (κ1) is 24.6. The van der Waals surface area contributed by atoms with E-state index in [2.05, 4.69) is 5.32 Å². The van der Waals surface area contributed by atoms with Gasteiger partial charge in [-0.15, -0.1) is 0 Å². The molecule has 3 aromatic carbocycles. The molecule has 1 aromatic heterocycles. The van der Waals surface area contributed by atoms with E-state index in [0.717, 1.165) is 11.0 Å². The van der Waals surface area contributed by atoms with E-state index in [0.29, 0.717) is 28.0 Å². The van der Waals surface area contributed by atoms with Gasteiger partial charge in [0.2, 0.25) is 11.8 Å². The fraction of sp³-hybridized carbons (Fsp3) is 0.241. The number of nitrogens with zero attached hydrogens (tertiary/aromatic N) is 4. The molecule has 0 bridgehead atoms. The van der Waals surface area contributed by atoms with Crippen LogP contribution in [0.15, 0.2) is 71.5 Å². The van der Waals surface area contributed by atoms with E-state index in [4.69, 9.17) is 16.6 Å². The smallest absolute Gasteiger partial charge is 0.289 e. The minimum atomic E-state index is -1.28. The van der Waals surface area contributed by atoms with Crippen molar-refractivity contribution in [1.82, 2.24) is 14.9 Å². The molecule has 3 aliphatic heterocycles. The van der Waals surface area contributed by atoms with Crippen molar-refractivity contribution in [3.05, 3.63) is 104 Å². The number of hydrogen-bond acceptors (Lipinski definition) is 7. The van der Waals surface area contributed by atoms with Gasteiger partial charge in [0.15, 0.2) is 0 Å². The number of para-hydroxylation sites is 2. The van der Waals surface area contributed by atoms with Gasteiger partial charge in [0, 0.05) is 17.7 Å². The molecule has 4 heterocycles. The van der Waals surface area contributed by atoms with Gasteiger partial charge in [0.1, 0.15) is 16.4 Å². The summed E-state index contributed by atoms with van der Waals surface area (Å²) in [7, 11) is 0. The van der Waals surface area contributed by atoms with Crippen LogP contribution in [0.1, 0.15) is 25.2 Å². The van der Waals surface area contributed by atoms with Crippen LogP contribution in [0.3, 0.4) is 0 Å². The average molecular weight is 556 g/mol. The zero-order chi connectivity index (χ0) is 28.1. The van der Waals surface area contributed by atoms with E-state index in [1.54, 1.807) is 24.3 Å². The molecular weight excluding hydrogens is 534 g/mol. The maximum Gasteiger partial charge on any atom is 0.289 e. The van der Waals surface area contributed by atoms with Crippen LogP contribution in [0.2, 0.25) is 5.02 Å². The highest BCUT2D eigenvalue weighted by molar-refractivity contribution is 6.33. The molecule has 1 N–H and O–H groups in total. The molecular formula is C29H22ClN5O5. The number of rotatable bonds is 3. The Hall–Kier alpha value is -4.41. The Morgan fingerprint density at radius 1 is 1.02 bits per heavy atom. The van der Waals surface area contributed by atoms with Gasteiger partial charge in [-0.25, -0.2) is 9.88 Å². The van der Waals surface area contributed by atoms with E-state index >= 15 is 0 Å². The van der Waals surface area contributed by atoms with Crippen molar-refractivity contribution in [2.45, 2.75) is 25.4 Å². The molecule has 4 aromatic rings. The normalized spacial score (nSPS) is 24.7. The second-order valence-corrected chi connectivity index (χ2v) is 11.1. The van der Waals surface area contributed by atoms with E-state index in [1.165, 1.54) is 16.7 Å². The first-order valence-electron chi connectivity index (χ1n) is 12.9. The van der Waals surface area contributed by atoms with Crippen LogP contribution in [0, 0.1) is 27.9 Å². The third kappa shape index (κ3) is 2.97. The van der Waals surface area contributed by atoms with Crippen LogP contribution in [-0.4, -0.2) is 32.3 Å². The van der Waals surface area contributed by atoms with Crippen LogP contribution >= 0.6 is 11.6 Å². The summed E-state index contributed by atoms with van der Waals surface area (Å²) in [5.41, 5.74) is -0.110. The van der Waals surface area contributed by atoms with Gasteiger partial charge >= 0.3 is 0 Å². The zero-order valence-electron chi connectivity index (χ0n) is 21.4. The van der Waals surface area contributed by atoms with Crippen molar-refractivity contribution in [3.63, 3.8) is 0 Å². The summed E-state index contributed by atoms with van der Waals surface area (Å²) in [6.07, 6.45) is 0. The van der Waals surface area contributed by atoms with Crippen LogP contribution in [0.5, 0.6) is 0 Å². The minimum Gasteiger partial charge on any atom is -0.296 e. The maximum absolute atomic E-state index is 14.4. The number of anilines is 1. The maximum atomic E-state index is 14.4. The molecule has 3 aliphatic rings. The quantitative estimate of drug-likeness (QED) is 0.230. The zero-order valence-corrected chi connectivity index (χ0v) is 22.1. The molecule has 0 aliphatic carbocycles. The van der Waals surface area contributed by atoms with Crippen LogP contribution in [0.25, 0.3) is 16.6 Å².